The van der Waals surface area contributed by atoms with Gasteiger partial charge in [-0.2, -0.15) is 9.47 Å². The predicted molar refractivity (Wildman–Crippen MR) is 90.7 cm³/mol. The zero-order chi connectivity index (χ0) is 16.4. The van der Waals surface area contributed by atoms with Crippen molar-refractivity contribution >= 4 is 28.4 Å². The number of rotatable bonds is 5. The Balaban J connectivity index is 1.68. The van der Waals surface area contributed by atoms with Crippen LogP contribution in [0.1, 0.15) is 32.5 Å². The Kier molecular flexibility index (Phi) is 4.61. The van der Waals surface area contributed by atoms with Crippen molar-refractivity contribution in [1.29, 1.82) is 0 Å². The topological polar surface area (TPSA) is 75.9 Å². The van der Waals surface area contributed by atoms with Gasteiger partial charge in [-0.25, -0.2) is 4.98 Å². The minimum Gasteiger partial charge on any atom is -0.348 e. The molecule has 0 aliphatic carbocycles. The molecule has 1 N–H and O–H groups in total. The van der Waals surface area contributed by atoms with Gasteiger partial charge in [0.25, 0.3) is 5.91 Å². The van der Waals surface area contributed by atoms with Crippen LogP contribution in [0.25, 0.3) is 0 Å². The monoisotopic (exact) mass is 334 g/mol. The third kappa shape index (κ3) is 3.69. The molecule has 0 bridgehead atoms. The summed E-state index contributed by atoms with van der Waals surface area (Å²) in [5.74, 6) is 2.13. The third-order valence-corrected chi connectivity index (χ3v) is 4.46. The average molecular weight is 334 g/mol. The highest BCUT2D eigenvalue weighted by Gasteiger charge is 2.31. The van der Waals surface area contributed by atoms with E-state index in [1.54, 1.807) is 9.58 Å². The van der Waals surface area contributed by atoms with Gasteiger partial charge in [-0.15, -0.1) is 0 Å². The van der Waals surface area contributed by atoms with Gasteiger partial charge in [0, 0.05) is 43.8 Å². The molecule has 1 fully saturated rings. The number of piperidine rings is 1. The average Bonchev–Trinajstić information content (AvgIpc) is 3.10. The van der Waals surface area contributed by atoms with Crippen LogP contribution in [0, 0.1) is 5.92 Å². The van der Waals surface area contributed by atoms with Crippen LogP contribution >= 0.6 is 11.5 Å². The van der Waals surface area contributed by atoms with Crippen molar-refractivity contribution < 1.29 is 4.79 Å². The fourth-order valence-corrected chi connectivity index (χ4v) is 3.34. The SMILES string of the molecule is CC(C)Cc1nsc(N[C@H]2CCCN(c3ccn(C)n3)C2=O)n1. The maximum Gasteiger partial charge on any atom is 0.250 e. The predicted octanol–water partition coefficient (Wildman–Crippen LogP) is 2.08. The van der Waals surface area contributed by atoms with Crippen molar-refractivity contribution in [2.24, 2.45) is 13.0 Å². The lowest BCUT2D eigenvalue weighted by molar-refractivity contribution is -0.120. The molecule has 0 spiro atoms. The van der Waals surface area contributed by atoms with Gasteiger partial charge >= 0.3 is 0 Å². The highest BCUT2D eigenvalue weighted by Crippen LogP contribution is 2.23. The molecule has 1 atom stereocenters. The third-order valence-electron chi connectivity index (χ3n) is 3.77. The lowest BCUT2D eigenvalue weighted by atomic mass is 10.1. The van der Waals surface area contributed by atoms with E-state index < -0.39 is 0 Å². The zero-order valence-electron chi connectivity index (χ0n) is 13.7. The van der Waals surface area contributed by atoms with Gasteiger partial charge in [0.2, 0.25) is 5.13 Å². The molecule has 1 aliphatic rings. The van der Waals surface area contributed by atoms with Gasteiger partial charge in [0.15, 0.2) is 5.82 Å². The van der Waals surface area contributed by atoms with Crippen LogP contribution in [0.2, 0.25) is 0 Å². The molecule has 3 rings (SSSR count). The van der Waals surface area contributed by atoms with E-state index in [1.165, 1.54) is 11.5 Å². The number of anilines is 2. The van der Waals surface area contributed by atoms with Crippen LogP contribution in [0.4, 0.5) is 10.9 Å². The Morgan fingerprint density at radius 3 is 3.00 bits per heavy atom. The van der Waals surface area contributed by atoms with Crippen LogP contribution in [-0.4, -0.2) is 37.6 Å². The van der Waals surface area contributed by atoms with Crippen LogP contribution in [-0.2, 0) is 18.3 Å². The van der Waals surface area contributed by atoms with E-state index in [4.69, 9.17) is 0 Å². The number of aryl methyl sites for hydroxylation is 1. The molecule has 3 heterocycles. The van der Waals surface area contributed by atoms with E-state index >= 15 is 0 Å². The molecule has 23 heavy (non-hydrogen) atoms. The summed E-state index contributed by atoms with van der Waals surface area (Å²) < 4.78 is 6.07. The number of nitrogens with one attached hydrogen (secondary N) is 1. The summed E-state index contributed by atoms with van der Waals surface area (Å²) >= 11 is 1.33. The molecule has 7 nitrogen and oxygen atoms in total. The summed E-state index contributed by atoms with van der Waals surface area (Å²) in [5.41, 5.74) is 0. The molecule has 1 amide bonds. The number of carbonyl (C=O) groups excluding carboxylic acids is 1. The molecule has 2 aromatic rings. The Hall–Kier alpha value is -1.96. The summed E-state index contributed by atoms with van der Waals surface area (Å²) in [7, 11) is 1.85. The lowest BCUT2D eigenvalue weighted by Gasteiger charge is -2.30. The number of nitrogens with zero attached hydrogens (tertiary/aromatic N) is 5. The first kappa shape index (κ1) is 15.9. The van der Waals surface area contributed by atoms with Gasteiger partial charge in [0.1, 0.15) is 11.9 Å². The Morgan fingerprint density at radius 1 is 1.48 bits per heavy atom. The molecule has 1 aliphatic heterocycles. The summed E-state index contributed by atoms with van der Waals surface area (Å²) in [6.45, 7) is 5.00. The Labute approximate surface area is 139 Å². The van der Waals surface area contributed by atoms with Crippen LogP contribution < -0.4 is 10.2 Å². The first-order valence-corrected chi connectivity index (χ1v) is 8.70. The normalized spacial score (nSPS) is 18.7. The Bertz CT molecular complexity index is 679. The number of carbonyl (C=O) groups is 1. The standard InChI is InChI=1S/C15H22N6OS/c1-10(2)9-12-17-15(23-19-12)16-11-5-4-7-21(14(11)22)13-6-8-20(3)18-13/h6,8,10-11H,4-5,7,9H2,1-3H3,(H,16,17,19)/t11-/m0/s1. The van der Waals surface area contributed by atoms with E-state index in [0.29, 0.717) is 18.3 Å². The lowest BCUT2D eigenvalue weighted by Crippen LogP contribution is -2.48. The zero-order valence-corrected chi connectivity index (χ0v) is 14.5. The van der Waals surface area contributed by atoms with Crippen molar-refractivity contribution in [1.82, 2.24) is 19.1 Å². The Morgan fingerprint density at radius 2 is 2.30 bits per heavy atom. The van der Waals surface area contributed by atoms with Gasteiger partial charge in [-0.3, -0.25) is 14.4 Å². The molecule has 1 saturated heterocycles. The van der Waals surface area contributed by atoms with E-state index in [9.17, 15) is 4.79 Å². The number of aromatic nitrogens is 4. The van der Waals surface area contributed by atoms with Crippen LogP contribution in [0.5, 0.6) is 0 Å². The summed E-state index contributed by atoms with van der Waals surface area (Å²) in [4.78, 5) is 18.9. The van der Waals surface area contributed by atoms with Crippen molar-refractivity contribution in [2.45, 2.75) is 39.2 Å². The summed E-state index contributed by atoms with van der Waals surface area (Å²) in [5, 5.41) is 8.31. The number of hydrogen-bond donors (Lipinski definition) is 1. The first-order chi connectivity index (χ1) is 11.0. The van der Waals surface area contributed by atoms with Gasteiger partial charge in [-0.1, -0.05) is 13.8 Å². The maximum absolute atomic E-state index is 12.7. The molecule has 0 aromatic carbocycles. The molecule has 124 valence electrons. The van der Waals surface area contributed by atoms with E-state index in [1.807, 2.05) is 19.3 Å². The van der Waals surface area contributed by atoms with Gasteiger partial charge in [0.05, 0.1) is 0 Å². The molecule has 0 unspecified atom stereocenters. The maximum atomic E-state index is 12.7. The van der Waals surface area contributed by atoms with Gasteiger partial charge in [-0.05, 0) is 18.8 Å². The second-order valence-corrected chi connectivity index (χ2v) is 7.04. The molecular weight excluding hydrogens is 312 g/mol. The number of hydrogen-bond acceptors (Lipinski definition) is 6. The van der Waals surface area contributed by atoms with Crippen LogP contribution in [0.15, 0.2) is 12.3 Å². The fraction of sp³-hybridized carbons (Fsp3) is 0.600. The quantitative estimate of drug-likeness (QED) is 0.906. The first-order valence-electron chi connectivity index (χ1n) is 7.93. The van der Waals surface area contributed by atoms with E-state index in [2.05, 4.69) is 33.6 Å². The molecule has 0 saturated carbocycles. The minimum absolute atomic E-state index is 0.0514. The summed E-state index contributed by atoms with van der Waals surface area (Å²) in [6.07, 6.45) is 4.46. The molecular formula is C15H22N6OS. The largest absolute Gasteiger partial charge is 0.348 e. The number of amides is 1. The van der Waals surface area contributed by atoms with Crippen LogP contribution in [0.3, 0.4) is 0 Å². The van der Waals surface area contributed by atoms with Crippen molar-refractivity contribution in [3.8, 4) is 0 Å². The van der Waals surface area contributed by atoms with Gasteiger partial charge < -0.3 is 5.32 Å². The van der Waals surface area contributed by atoms with E-state index in [0.717, 1.165) is 30.2 Å². The minimum atomic E-state index is -0.259. The summed E-state index contributed by atoms with van der Waals surface area (Å²) in [6, 6.07) is 1.61. The fourth-order valence-electron chi connectivity index (χ4n) is 2.69. The van der Waals surface area contributed by atoms with E-state index in [-0.39, 0.29) is 11.9 Å². The van der Waals surface area contributed by atoms with Crippen molar-refractivity contribution in [2.75, 3.05) is 16.8 Å². The molecule has 0 radical (unpaired) electrons. The van der Waals surface area contributed by atoms with Crippen molar-refractivity contribution in [3.63, 3.8) is 0 Å². The van der Waals surface area contributed by atoms with Crippen molar-refractivity contribution in [3.05, 3.63) is 18.1 Å². The second kappa shape index (κ2) is 6.66. The second-order valence-electron chi connectivity index (χ2n) is 6.29. The molecule has 2 aromatic heterocycles. The smallest absolute Gasteiger partial charge is 0.250 e. The molecule has 8 heteroatoms. The highest BCUT2D eigenvalue weighted by atomic mass is 32.1. The highest BCUT2D eigenvalue weighted by molar-refractivity contribution is 7.09.